The van der Waals surface area contributed by atoms with Gasteiger partial charge in [0.1, 0.15) is 5.82 Å². The number of benzene rings is 2. The Balaban J connectivity index is 1.78. The van der Waals surface area contributed by atoms with Crippen LogP contribution in [0.2, 0.25) is 0 Å². The molecule has 0 radical (unpaired) electrons. The minimum absolute atomic E-state index is 0.303. The van der Waals surface area contributed by atoms with Crippen molar-refractivity contribution >= 4 is 5.97 Å². The quantitative estimate of drug-likeness (QED) is 0.441. The summed E-state index contributed by atoms with van der Waals surface area (Å²) in [5, 5.41) is 14.0. The van der Waals surface area contributed by atoms with Crippen molar-refractivity contribution in [3.8, 4) is 17.1 Å². The third kappa shape index (κ3) is 5.47. The number of nitrogens with zero attached hydrogens (tertiary/aromatic N) is 3. The van der Waals surface area contributed by atoms with E-state index < -0.39 is 5.97 Å². The van der Waals surface area contributed by atoms with E-state index in [0.717, 1.165) is 49.1 Å². The predicted octanol–water partition coefficient (Wildman–Crippen LogP) is 5.21. The third-order valence-corrected chi connectivity index (χ3v) is 4.97. The van der Waals surface area contributed by atoms with Gasteiger partial charge in [0.15, 0.2) is 0 Å². The van der Waals surface area contributed by atoms with E-state index in [9.17, 15) is 9.90 Å². The number of aryl methyl sites for hydroxylation is 1. The Hall–Kier alpha value is -3.15. The highest BCUT2D eigenvalue weighted by molar-refractivity contribution is 5.95. The topological polar surface area (TPSA) is 77.2 Å². The van der Waals surface area contributed by atoms with E-state index in [1.807, 2.05) is 41.1 Å². The van der Waals surface area contributed by atoms with Gasteiger partial charge in [-0.3, -0.25) is 0 Å². The maximum absolute atomic E-state index is 11.5. The van der Waals surface area contributed by atoms with Gasteiger partial charge in [-0.1, -0.05) is 69.2 Å². The molecular weight excluding hydrogens is 378 g/mol. The number of hydrogen-bond donors (Lipinski definition) is 1. The van der Waals surface area contributed by atoms with E-state index in [0.29, 0.717) is 30.3 Å². The summed E-state index contributed by atoms with van der Waals surface area (Å²) in [6.45, 7) is 5.52. The molecule has 1 aromatic heterocycles. The number of ether oxygens (including phenoxy) is 1. The summed E-state index contributed by atoms with van der Waals surface area (Å²) in [5.41, 5.74) is 2.98. The summed E-state index contributed by atoms with van der Waals surface area (Å²) < 4.78 is 7.61. The molecule has 3 rings (SSSR count). The monoisotopic (exact) mass is 407 g/mol. The number of aromatic nitrogens is 3. The van der Waals surface area contributed by atoms with E-state index in [-0.39, 0.29) is 0 Å². The van der Waals surface area contributed by atoms with Crippen LogP contribution in [0.15, 0.2) is 48.5 Å². The number of unbranched alkanes of at least 4 members (excludes halogenated alkanes) is 2. The van der Waals surface area contributed by atoms with Gasteiger partial charge in [-0.25, -0.2) is 9.48 Å². The van der Waals surface area contributed by atoms with Crippen LogP contribution in [-0.4, -0.2) is 32.4 Å². The molecular formula is C24H29N3O3. The fourth-order valence-corrected chi connectivity index (χ4v) is 3.25. The van der Waals surface area contributed by atoms with Crippen LogP contribution >= 0.6 is 0 Å². The maximum atomic E-state index is 11.5. The average molecular weight is 408 g/mol. The molecule has 3 aromatic rings. The molecule has 0 bridgehead atoms. The summed E-state index contributed by atoms with van der Waals surface area (Å²) in [6.07, 6.45) is 5.07. The molecule has 0 spiro atoms. The van der Waals surface area contributed by atoms with E-state index in [1.165, 1.54) is 0 Å². The third-order valence-electron chi connectivity index (χ3n) is 4.97. The summed E-state index contributed by atoms with van der Waals surface area (Å²) in [5.74, 6) is 0.0112. The van der Waals surface area contributed by atoms with Crippen LogP contribution in [-0.2, 0) is 13.0 Å². The van der Waals surface area contributed by atoms with Gasteiger partial charge in [0.2, 0.25) is 0 Å². The average Bonchev–Trinajstić information content (AvgIpc) is 3.14. The van der Waals surface area contributed by atoms with Gasteiger partial charge in [0, 0.05) is 6.42 Å². The molecule has 0 saturated carbocycles. The Kier molecular flexibility index (Phi) is 7.60. The lowest BCUT2D eigenvalue weighted by Crippen LogP contribution is -2.07. The van der Waals surface area contributed by atoms with Gasteiger partial charge in [0.25, 0.3) is 0 Å². The van der Waals surface area contributed by atoms with Crippen molar-refractivity contribution in [2.75, 3.05) is 6.61 Å². The van der Waals surface area contributed by atoms with Crippen LogP contribution in [0, 0.1) is 0 Å². The lowest BCUT2D eigenvalue weighted by Gasteiger charge is -2.09. The van der Waals surface area contributed by atoms with Gasteiger partial charge < -0.3 is 9.84 Å². The minimum atomic E-state index is -0.923. The van der Waals surface area contributed by atoms with Crippen LogP contribution in [0.4, 0.5) is 0 Å². The Morgan fingerprint density at radius 2 is 1.77 bits per heavy atom. The van der Waals surface area contributed by atoms with Crippen molar-refractivity contribution in [1.29, 1.82) is 0 Å². The summed E-state index contributed by atoms with van der Waals surface area (Å²) >= 11 is 0. The smallest absolute Gasteiger partial charge is 0.336 e. The standard InChI is InChI=1S/C24H29N3O3/c1-3-5-11-22-25-24(30-16-6-4-2)26-27(22)17-18-12-14-19(15-13-18)20-9-7-8-10-21(20)23(28)29/h7-10,12-15H,3-6,11,16-17H2,1-2H3,(H,28,29). The highest BCUT2D eigenvalue weighted by Crippen LogP contribution is 2.24. The fraction of sp³-hybridized carbons (Fsp3) is 0.375. The van der Waals surface area contributed by atoms with Crippen LogP contribution in [0.25, 0.3) is 11.1 Å². The molecule has 2 aromatic carbocycles. The number of rotatable bonds is 11. The van der Waals surface area contributed by atoms with Crippen molar-refractivity contribution in [2.24, 2.45) is 0 Å². The first kappa shape index (κ1) is 21.6. The zero-order valence-electron chi connectivity index (χ0n) is 17.7. The van der Waals surface area contributed by atoms with Crippen molar-refractivity contribution in [1.82, 2.24) is 14.8 Å². The van der Waals surface area contributed by atoms with Crippen LogP contribution in [0.1, 0.15) is 61.3 Å². The van der Waals surface area contributed by atoms with E-state index in [1.54, 1.807) is 12.1 Å². The van der Waals surface area contributed by atoms with Gasteiger partial charge in [-0.15, -0.1) is 5.10 Å². The second-order valence-electron chi connectivity index (χ2n) is 7.32. The zero-order valence-corrected chi connectivity index (χ0v) is 17.7. The highest BCUT2D eigenvalue weighted by Gasteiger charge is 2.13. The highest BCUT2D eigenvalue weighted by atomic mass is 16.5. The molecule has 6 heteroatoms. The molecule has 0 aliphatic carbocycles. The molecule has 30 heavy (non-hydrogen) atoms. The molecule has 0 aliphatic heterocycles. The molecule has 1 N–H and O–H groups in total. The van der Waals surface area contributed by atoms with Crippen molar-refractivity contribution < 1.29 is 14.6 Å². The van der Waals surface area contributed by atoms with Crippen molar-refractivity contribution in [2.45, 2.75) is 52.5 Å². The minimum Gasteiger partial charge on any atom is -0.478 e. The zero-order chi connectivity index (χ0) is 21.3. The lowest BCUT2D eigenvalue weighted by molar-refractivity contribution is 0.0697. The summed E-state index contributed by atoms with van der Waals surface area (Å²) in [4.78, 5) is 16.1. The van der Waals surface area contributed by atoms with Gasteiger partial charge in [-0.2, -0.15) is 4.98 Å². The Labute approximate surface area is 177 Å². The van der Waals surface area contributed by atoms with Gasteiger partial charge in [0.05, 0.1) is 18.7 Å². The molecule has 0 saturated heterocycles. The number of carboxylic acid groups (broad SMARTS) is 1. The Bertz CT molecular complexity index is 964. The molecule has 0 fully saturated rings. The molecule has 158 valence electrons. The predicted molar refractivity (Wildman–Crippen MR) is 117 cm³/mol. The Morgan fingerprint density at radius 1 is 1.03 bits per heavy atom. The second kappa shape index (κ2) is 10.6. The molecule has 6 nitrogen and oxygen atoms in total. The fourth-order valence-electron chi connectivity index (χ4n) is 3.25. The number of carboxylic acids is 1. The molecule has 0 aliphatic rings. The number of hydrogen-bond acceptors (Lipinski definition) is 4. The Morgan fingerprint density at radius 3 is 2.47 bits per heavy atom. The number of aromatic carboxylic acids is 1. The molecule has 0 atom stereocenters. The van der Waals surface area contributed by atoms with E-state index in [2.05, 4.69) is 23.9 Å². The van der Waals surface area contributed by atoms with Crippen molar-refractivity contribution in [3.63, 3.8) is 0 Å². The first-order chi connectivity index (χ1) is 14.6. The molecule has 1 heterocycles. The first-order valence-corrected chi connectivity index (χ1v) is 10.6. The van der Waals surface area contributed by atoms with Crippen LogP contribution in [0.3, 0.4) is 0 Å². The first-order valence-electron chi connectivity index (χ1n) is 10.6. The second-order valence-corrected chi connectivity index (χ2v) is 7.32. The van der Waals surface area contributed by atoms with Crippen LogP contribution < -0.4 is 4.74 Å². The normalized spacial score (nSPS) is 10.9. The maximum Gasteiger partial charge on any atom is 0.336 e. The summed E-state index contributed by atoms with van der Waals surface area (Å²) in [7, 11) is 0. The SMILES string of the molecule is CCCCOc1nc(CCCC)n(Cc2ccc(-c3ccccc3C(=O)O)cc2)n1. The van der Waals surface area contributed by atoms with E-state index >= 15 is 0 Å². The lowest BCUT2D eigenvalue weighted by atomic mass is 9.99. The molecule has 0 unspecified atom stereocenters. The molecule has 0 amide bonds. The van der Waals surface area contributed by atoms with Gasteiger partial charge in [-0.05, 0) is 35.6 Å². The summed E-state index contributed by atoms with van der Waals surface area (Å²) in [6, 6.07) is 15.4. The largest absolute Gasteiger partial charge is 0.478 e. The van der Waals surface area contributed by atoms with E-state index in [4.69, 9.17) is 4.74 Å². The van der Waals surface area contributed by atoms with Crippen LogP contribution in [0.5, 0.6) is 6.01 Å². The number of carbonyl (C=O) groups is 1. The van der Waals surface area contributed by atoms with Crippen molar-refractivity contribution in [3.05, 3.63) is 65.5 Å². The van der Waals surface area contributed by atoms with Gasteiger partial charge >= 0.3 is 12.0 Å².